The molecule has 76 valence electrons. The van der Waals surface area contributed by atoms with Crippen molar-refractivity contribution in [1.82, 2.24) is 0 Å². The molecule has 0 fully saturated rings. The smallest absolute Gasteiger partial charge is 0.381 e. The van der Waals surface area contributed by atoms with Crippen LogP contribution in [-0.2, 0) is 0 Å². The number of hydrogen-bond donors (Lipinski definition) is 0. The standard InChI is InChI=1S/C8H4Br2IS2.ClH/c9-5-1-7(12-3-5)11-8-2-6(10)4-13-8;/h1-4H;1H/q+1;/p-1. The molecule has 0 bridgehead atoms. The molecular weight excluding hydrogens is 482 g/mol. The van der Waals surface area contributed by atoms with Crippen LogP contribution in [0.2, 0.25) is 0 Å². The molecule has 0 unspecified atom stereocenters. The second kappa shape index (κ2) is 6.20. The molecule has 2 aromatic heterocycles. The molecule has 0 aromatic carbocycles. The summed E-state index contributed by atoms with van der Waals surface area (Å²) in [5.41, 5.74) is 0. The summed E-state index contributed by atoms with van der Waals surface area (Å²) in [5, 5.41) is 4.30. The predicted octanol–water partition coefficient (Wildman–Crippen LogP) is -1.53. The van der Waals surface area contributed by atoms with Crippen LogP contribution < -0.4 is 33.6 Å². The zero-order chi connectivity index (χ0) is 9.26. The molecule has 0 nitrogen and oxygen atoms in total. The number of rotatable bonds is 2. The average molecular weight is 486 g/mol. The fraction of sp³-hybridized carbons (Fsp3) is 0. The Morgan fingerprint density at radius 1 is 0.929 bits per heavy atom. The third-order valence-corrected chi connectivity index (χ3v) is 8.46. The van der Waals surface area contributed by atoms with Crippen LogP contribution in [0.3, 0.4) is 0 Å². The summed E-state index contributed by atoms with van der Waals surface area (Å²) in [7, 11) is 0. The normalized spacial score (nSPS) is 9.86. The molecule has 0 saturated carbocycles. The third-order valence-electron chi connectivity index (χ3n) is 1.26. The second-order valence-electron chi connectivity index (χ2n) is 2.23. The van der Waals surface area contributed by atoms with Crippen molar-refractivity contribution in [1.29, 1.82) is 0 Å². The minimum Gasteiger partial charge on any atom is -1.00 e. The van der Waals surface area contributed by atoms with E-state index in [0.717, 1.165) is 0 Å². The lowest BCUT2D eigenvalue weighted by Gasteiger charge is -1.71. The summed E-state index contributed by atoms with van der Waals surface area (Å²) in [6, 6.07) is 4.46. The average Bonchev–Trinajstić information content (AvgIpc) is 2.62. The Balaban J connectivity index is 0.000000980. The molecule has 0 saturated heterocycles. The highest BCUT2D eigenvalue weighted by molar-refractivity contribution is 9.10. The fourth-order valence-corrected chi connectivity index (χ4v) is 8.49. The second-order valence-corrected chi connectivity index (χ2v) is 10.2. The molecule has 2 aromatic rings. The van der Waals surface area contributed by atoms with Crippen molar-refractivity contribution in [2.45, 2.75) is 0 Å². The van der Waals surface area contributed by atoms with Gasteiger partial charge in [-0.05, 0) is 31.9 Å². The molecule has 2 rings (SSSR count). The lowest BCUT2D eigenvalue weighted by atomic mass is 10.7. The molecule has 2 heterocycles. The predicted molar refractivity (Wildman–Crippen MR) is 61.4 cm³/mol. The van der Waals surface area contributed by atoms with Gasteiger partial charge in [-0.2, -0.15) is 0 Å². The summed E-state index contributed by atoms with van der Waals surface area (Å²) >= 11 is 10.7. The molecule has 0 aliphatic heterocycles. The SMILES string of the molecule is Brc1csc([I+]c2cc(Br)cs2)c1.[Cl-]. The number of halogens is 4. The van der Waals surface area contributed by atoms with Gasteiger partial charge < -0.3 is 12.4 Å². The lowest BCUT2D eigenvalue weighted by molar-refractivity contribution is -0.585. The molecule has 0 aliphatic carbocycles. The van der Waals surface area contributed by atoms with Crippen LogP contribution >= 0.6 is 54.5 Å². The van der Waals surface area contributed by atoms with Gasteiger partial charge in [0.15, 0.2) is 0 Å². The first-order chi connectivity index (χ1) is 6.24. The highest BCUT2D eigenvalue weighted by Crippen LogP contribution is 2.14. The number of thiophene rings is 2. The van der Waals surface area contributed by atoms with Crippen molar-refractivity contribution in [2.24, 2.45) is 0 Å². The van der Waals surface area contributed by atoms with Gasteiger partial charge in [0.25, 0.3) is 0 Å². The molecule has 0 amide bonds. The number of hydrogen-bond acceptors (Lipinski definition) is 2. The van der Waals surface area contributed by atoms with E-state index < -0.39 is 0 Å². The zero-order valence-corrected chi connectivity index (χ0v) is 14.4. The summed E-state index contributed by atoms with van der Waals surface area (Å²) in [5.74, 6) is 0. The van der Waals surface area contributed by atoms with Gasteiger partial charge >= 0.3 is 21.2 Å². The Hall–Kier alpha value is 1.38. The monoisotopic (exact) mass is 484 g/mol. The van der Waals surface area contributed by atoms with Gasteiger partial charge in [0, 0.05) is 31.8 Å². The van der Waals surface area contributed by atoms with Crippen molar-refractivity contribution < 1.29 is 33.6 Å². The minimum atomic E-state index is 0. The van der Waals surface area contributed by atoms with Crippen LogP contribution in [0.5, 0.6) is 0 Å². The highest BCUT2D eigenvalue weighted by Gasteiger charge is 2.19. The van der Waals surface area contributed by atoms with Gasteiger partial charge in [-0.25, -0.2) is 0 Å². The third kappa shape index (κ3) is 3.75. The van der Waals surface area contributed by atoms with E-state index in [1.54, 1.807) is 0 Å². The van der Waals surface area contributed by atoms with Gasteiger partial charge in [-0.1, -0.05) is 22.7 Å². The van der Waals surface area contributed by atoms with E-state index in [0.29, 0.717) is 0 Å². The lowest BCUT2D eigenvalue weighted by Crippen LogP contribution is -3.61. The molecule has 0 aliphatic rings. The maximum atomic E-state index is 3.47. The molecule has 0 spiro atoms. The van der Waals surface area contributed by atoms with Crippen molar-refractivity contribution >= 4 is 54.5 Å². The Labute approximate surface area is 124 Å². The summed E-state index contributed by atoms with van der Waals surface area (Å²) < 4.78 is 5.45. The quantitative estimate of drug-likeness (QED) is 0.452. The van der Waals surface area contributed by atoms with E-state index in [1.165, 1.54) is 14.7 Å². The maximum Gasteiger partial charge on any atom is 0.381 e. The van der Waals surface area contributed by atoms with E-state index in [4.69, 9.17) is 0 Å². The van der Waals surface area contributed by atoms with Gasteiger partial charge in [0.1, 0.15) is 0 Å². The fourth-order valence-electron chi connectivity index (χ4n) is 0.769. The highest BCUT2D eigenvalue weighted by atomic mass is 127. The summed E-state index contributed by atoms with van der Waals surface area (Å²) in [4.78, 5) is 0. The molecule has 0 atom stereocenters. The van der Waals surface area contributed by atoms with Gasteiger partial charge in [-0.3, -0.25) is 0 Å². The van der Waals surface area contributed by atoms with E-state index in [-0.39, 0.29) is 33.6 Å². The van der Waals surface area contributed by atoms with Crippen molar-refractivity contribution in [3.63, 3.8) is 0 Å². The van der Waals surface area contributed by atoms with Crippen LogP contribution in [0.1, 0.15) is 0 Å². The van der Waals surface area contributed by atoms with Crippen LogP contribution in [0, 0.1) is 5.77 Å². The van der Waals surface area contributed by atoms with E-state index >= 15 is 0 Å². The van der Waals surface area contributed by atoms with E-state index in [9.17, 15) is 0 Å². The van der Waals surface area contributed by atoms with Crippen LogP contribution in [-0.4, -0.2) is 0 Å². The zero-order valence-electron chi connectivity index (χ0n) is 6.64. The first kappa shape index (κ1) is 13.4. The van der Waals surface area contributed by atoms with Crippen molar-refractivity contribution in [3.05, 3.63) is 37.6 Å². The Kier molecular flexibility index (Phi) is 5.95. The maximum absolute atomic E-state index is 3.47. The Bertz CT molecular complexity index is 375. The van der Waals surface area contributed by atoms with Crippen LogP contribution in [0.25, 0.3) is 0 Å². The molecule has 0 N–H and O–H groups in total. The first-order valence-electron chi connectivity index (χ1n) is 3.37. The summed E-state index contributed by atoms with van der Waals surface area (Å²) in [6.45, 7) is 0. The molecule has 6 heteroatoms. The largest absolute Gasteiger partial charge is 1.00 e. The van der Waals surface area contributed by atoms with E-state index in [2.05, 4.69) is 54.8 Å². The van der Waals surface area contributed by atoms with E-state index in [1.807, 2.05) is 22.7 Å². The topological polar surface area (TPSA) is 0 Å². The first-order valence-corrected chi connectivity index (χ1v) is 8.87. The van der Waals surface area contributed by atoms with Gasteiger partial charge in [0.2, 0.25) is 5.77 Å². The van der Waals surface area contributed by atoms with Crippen LogP contribution in [0.4, 0.5) is 0 Å². The van der Waals surface area contributed by atoms with Gasteiger partial charge in [-0.15, -0.1) is 0 Å². The molecule has 14 heavy (non-hydrogen) atoms. The minimum absolute atomic E-state index is 0. The molecular formula is C8H4Br2ClIS2. The molecule has 0 radical (unpaired) electrons. The van der Waals surface area contributed by atoms with Crippen molar-refractivity contribution in [3.8, 4) is 0 Å². The Morgan fingerprint density at radius 3 is 1.64 bits per heavy atom. The van der Waals surface area contributed by atoms with Crippen molar-refractivity contribution in [2.75, 3.05) is 0 Å². The van der Waals surface area contributed by atoms with Gasteiger partial charge in [0.05, 0.1) is 0 Å². The van der Waals surface area contributed by atoms with Crippen LogP contribution in [0.15, 0.2) is 31.8 Å². The summed E-state index contributed by atoms with van der Waals surface area (Å²) in [6.07, 6.45) is 0. The Morgan fingerprint density at radius 2 is 1.36 bits per heavy atom.